The smallest absolute Gasteiger partial charge is 0.387 e. The first-order chi connectivity index (χ1) is 7.60. The Kier molecular flexibility index (Phi) is 3.45. The van der Waals surface area contributed by atoms with Crippen LogP contribution in [0.15, 0.2) is 23.3 Å². The highest BCUT2D eigenvalue weighted by Gasteiger charge is 2.32. The Morgan fingerprint density at radius 3 is 2.18 bits per heavy atom. The van der Waals surface area contributed by atoms with Crippen molar-refractivity contribution in [3.05, 3.63) is 24.0 Å². The number of hydrogen-bond donors (Lipinski definition) is 1. The number of alkyl halides is 3. The summed E-state index contributed by atoms with van der Waals surface area (Å²) in [6.45, 7) is 5.59. The molecule has 0 amide bonds. The first-order valence-electron chi connectivity index (χ1n) is 4.98. The summed E-state index contributed by atoms with van der Waals surface area (Å²) in [5.74, 6) is 0.346. The maximum absolute atomic E-state index is 12.2. The lowest BCUT2D eigenvalue weighted by Crippen LogP contribution is -2.28. The van der Waals surface area contributed by atoms with Crippen molar-refractivity contribution in [2.75, 3.05) is 0 Å². The predicted molar refractivity (Wildman–Crippen MR) is 60.0 cm³/mol. The van der Waals surface area contributed by atoms with Gasteiger partial charge in [-0.3, -0.25) is 0 Å². The van der Waals surface area contributed by atoms with Crippen molar-refractivity contribution in [3.63, 3.8) is 0 Å². The van der Waals surface area contributed by atoms with Crippen molar-refractivity contribution in [1.29, 1.82) is 0 Å². The van der Waals surface area contributed by atoms with E-state index in [1.807, 2.05) is 20.8 Å². The molecule has 1 aromatic rings. The van der Waals surface area contributed by atoms with Gasteiger partial charge in [-0.2, -0.15) is 13.2 Å². The number of pyridine rings is 1. The summed E-state index contributed by atoms with van der Waals surface area (Å²) in [7, 11) is 0. The van der Waals surface area contributed by atoms with Gasteiger partial charge < -0.3 is 5.73 Å². The minimum atomic E-state index is -4.43. The van der Waals surface area contributed by atoms with E-state index in [0.29, 0.717) is 11.5 Å². The van der Waals surface area contributed by atoms with Crippen molar-refractivity contribution in [3.8, 4) is 0 Å². The van der Waals surface area contributed by atoms with Gasteiger partial charge in [-0.25, -0.2) is 9.98 Å². The maximum Gasteiger partial charge on any atom is 0.433 e. The third kappa shape index (κ3) is 3.72. The summed E-state index contributed by atoms with van der Waals surface area (Å²) < 4.78 is 36.7. The highest BCUT2D eigenvalue weighted by atomic mass is 19.4. The van der Waals surface area contributed by atoms with Crippen molar-refractivity contribution < 1.29 is 13.2 Å². The molecular weight excluding hydrogens is 231 g/mol. The minimum absolute atomic E-state index is 0.311. The number of nitrogens with zero attached hydrogens (tertiary/aromatic N) is 2. The Bertz CT molecular complexity index is 413. The van der Waals surface area contributed by atoms with Crippen LogP contribution in [0.1, 0.15) is 26.5 Å². The summed E-state index contributed by atoms with van der Waals surface area (Å²) in [6.07, 6.45) is -3.38. The molecule has 0 aliphatic heterocycles. The van der Waals surface area contributed by atoms with Gasteiger partial charge >= 0.3 is 6.18 Å². The lowest BCUT2D eigenvalue weighted by Gasteiger charge is -2.17. The molecule has 0 bridgehead atoms. The van der Waals surface area contributed by atoms with Crippen LogP contribution >= 0.6 is 0 Å². The number of nitrogens with two attached hydrogens (primary N) is 1. The fourth-order valence-electron chi connectivity index (χ4n) is 0.927. The average molecular weight is 245 g/mol. The van der Waals surface area contributed by atoms with E-state index in [4.69, 9.17) is 5.73 Å². The number of hydrogen-bond acceptors (Lipinski definition) is 2. The van der Waals surface area contributed by atoms with E-state index in [-0.39, 0.29) is 5.41 Å². The molecule has 17 heavy (non-hydrogen) atoms. The number of aromatic nitrogens is 1. The van der Waals surface area contributed by atoms with Gasteiger partial charge in [0.25, 0.3) is 0 Å². The van der Waals surface area contributed by atoms with Crippen molar-refractivity contribution >= 4 is 11.5 Å². The molecule has 0 atom stereocenters. The number of aliphatic imine (C=N–C) groups is 1. The third-order valence-corrected chi connectivity index (χ3v) is 2.06. The molecule has 1 heterocycles. The van der Waals surface area contributed by atoms with Crippen LogP contribution in [0.2, 0.25) is 0 Å². The maximum atomic E-state index is 12.2. The van der Waals surface area contributed by atoms with Crippen molar-refractivity contribution in [2.24, 2.45) is 16.1 Å². The average Bonchev–Trinajstić information content (AvgIpc) is 2.15. The molecule has 0 aromatic carbocycles. The Hall–Kier alpha value is -1.59. The predicted octanol–water partition coefficient (Wildman–Crippen LogP) is 3.14. The first-order valence-corrected chi connectivity index (χ1v) is 4.98. The van der Waals surface area contributed by atoms with Crippen LogP contribution in [0.4, 0.5) is 18.9 Å². The molecule has 1 aromatic heterocycles. The van der Waals surface area contributed by atoms with Crippen LogP contribution in [0.3, 0.4) is 0 Å². The molecule has 0 saturated heterocycles. The normalized spacial score (nSPS) is 13.9. The van der Waals surface area contributed by atoms with Gasteiger partial charge in [0.05, 0.1) is 11.9 Å². The van der Waals surface area contributed by atoms with E-state index in [2.05, 4.69) is 9.98 Å². The molecule has 3 nitrogen and oxygen atoms in total. The molecule has 0 fully saturated rings. The first kappa shape index (κ1) is 13.5. The van der Waals surface area contributed by atoms with Gasteiger partial charge in [0.2, 0.25) is 0 Å². The second-order valence-electron chi connectivity index (χ2n) is 4.65. The zero-order valence-electron chi connectivity index (χ0n) is 9.84. The van der Waals surface area contributed by atoms with Gasteiger partial charge in [-0.1, -0.05) is 20.8 Å². The highest BCUT2D eigenvalue weighted by Crippen LogP contribution is 2.28. The zero-order chi connectivity index (χ0) is 13.3. The Balaban J connectivity index is 2.97. The fourth-order valence-corrected chi connectivity index (χ4v) is 0.927. The molecule has 0 aliphatic rings. The van der Waals surface area contributed by atoms with E-state index in [9.17, 15) is 13.2 Å². The summed E-state index contributed by atoms with van der Waals surface area (Å²) in [6, 6.07) is 2.13. The molecule has 2 N–H and O–H groups in total. The van der Waals surface area contributed by atoms with E-state index < -0.39 is 11.9 Å². The SMILES string of the molecule is CC(C)(C)C(N)=Nc1ccc(C(F)(F)F)nc1. The van der Waals surface area contributed by atoms with Gasteiger partial charge in [-0.05, 0) is 12.1 Å². The van der Waals surface area contributed by atoms with Crippen LogP contribution in [0.25, 0.3) is 0 Å². The Labute approximate surface area is 97.6 Å². The number of amidine groups is 1. The van der Waals surface area contributed by atoms with Gasteiger partial charge in [0, 0.05) is 5.41 Å². The quantitative estimate of drug-likeness (QED) is 0.610. The van der Waals surface area contributed by atoms with E-state index in [1.54, 1.807) is 0 Å². The van der Waals surface area contributed by atoms with Crippen LogP contribution in [-0.2, 0) is 6.18 Å². The molecule has 0 spiro atoms. The topological polar surface area (TPSA) is 51.3 Å². The van der Waals surface area contributed by atoms with E-state index >= 15 is 0 Å². The minimum Gasteiger partial charge on any atom is -0.387 e. The monoisotopic (exact) mass is 245 g/mol. The number of halogens is 3. The zero-order valence-corrected chi connectivity index (χ0v) is 9.84. The molecule has 0 saturated carbocycles. The number of rotatable bonds is 1. The highest BCUT2D eigenvalue weighted by molar-refractivity contribution is 5.87. The van der Waals surface area contributed by atoms with Crippen LogP contribution < -0.4 is 5.73 Å². The molecule has 0 unspecified atom stereocenters. The molecule has 94 valence electrons. The summed E-state index contributed by atoms with van der Waals surface area (Å²) in [5.41, 5.74) is 4.75. The third-order valence-electron chi connectivity index (χ3n) is 2.06. The van der Waals surface area contributed by atoms with Crippen LogP contribution in [0, 0.1) is 5.41 Å². The lowest BCUT2D eigenvalue weighted by molar-refractivity contribution is -0.141. The van der Waals surface area contributed by atoms with E-state index in [0.717, 1.165) is 12.3 Å². The standard InChI is InChI=1S/C11H14F3N3/c1-10(2,3)9(15)17-7-4-5-8(16-6-7)11(12,13)14/h4-6H,1-3H3,(H2,15,17). The molecule has 1 rings (SSSR count). The Morgan fingerprint density at radius 2 is 1.82 bits per heavy atom. The molecular formula is C11H14F3N3. The summed E-state index contributed by atoms with van der Waals surface area (Å²) in [4.78, 5) is 7.32. The molecule has 6 heteroatoms. The van der Waals surface area contributed by atoms with Crippen LogP contribution in [-0.4, -0.2) is 10.8 Å². The van der Waals surface area contributed by atoms with E-state index in [1.165, 1.54) is 6.07 Å². The van der Waals surface area contributed by atoms with Crippen molar-refractivity contribution in [2.45, 2.75) is 26.9 Å². The molecule has 0 radical (unpaired) electrons. The largest absolute Gasteiger partial charge is 0.433 e. The van der Waals surface area contributed by atoms with Crippen molar-refractivity contribution in [1.82, 2.24) is 4.98 Å². The second kappa shape index (κ2) is 4.35. The summed E-state index contributed by atoms with van der Waals surface area (Å²) in [5, 5.41) is 0. The van der Waals surface area contributed by atoms with Gasteiger partial charge in [-0.15, -0.1) is 0 Å². The molecule has 0 aliphatic carbocycles. The summed E-state index contributed by atoms with van der Waals surface area (Å²) >= 11 is 0. The fraction of sp³-hybridized carbons (Fsp3) is 0.455. The van der Waals surface area contributed by atoms with Gasteiger partial charge in [0.1, 0.15) is 11.5 Å². The lowest BCUT2D eigenvalue weighted by atomic mass is 9.95. The van der Waals surface area contributed by atoms with Crippen LogP contribution in [0.5, 0.6) is 0 Å². The Morgan fingerprint density at radius 1 is 1.24 bits per heavy atom. The van der Waals surface area contributed by atoms with Gasteiger partial charge in [0.15, 0.2) is 0 Å². The second-order valence-corrected chi connectivity index (χ2v) is 4.65.